The lowest BCUT2D eigenvalue weighted by Gasteiger charge is -2.11. The fourth-order valence-electron chi connectivity index (χ4n) is 1.72. The molecule has 2 aromatic rings. The van der Waals surface area contributed by atoms with Crippen LogP contribution in [0.25, 0.3) is 0 Å². The summed E-state index contributed by atoms with van der Waals surface area (Å²) in [6, 6.07) is 10.5. The van der Waals surface area contributed by atoms with E-state index in [0.717, 1.165) is 0 Å². The Labute approximate surface area is 123 Å². The molecule has 0 atom stereocenters. The summed E-state index contributed by atoms with van der Waals surface area (Å²) >= 11 is 3.26. The Morgan fingerprint density at radius 1 is 1.15 bits per heavy atom. The van der Waals surface area contributed by atoms with E-state index >= 15 is 0 Å². The van der Waals surface area contributed by atoms with Crippen molar-refractivity contribution in [1.82, 2.24) is 0 Å². The highest BCUT2D eigenvalue weighted by Crippen LogP contribution is 2.25. The number of nitriles is 1. The molecule has 0 fully saturated rings. The third-order valence-electron chi connectivity index (χ3n) is 2.73. The number of hydrogen-bond acceptors (Lipinski definition) is 2. The summed E-state index contributed by atoms with van der Waals surface area (Å²) in [7, 11) is 0. The Balaban J connectivity index is 2.19. The average molecular weight is 338 g/mol. The largest absolute Gasteiger partial charge is 0.486 e. The third kappa shape index (κ3) is 3.14. The van der Waals surface area contributed by atoms with Gasteiger partial charge in [0, 0.05) is 10.9 Å². The van der Waals surface area contributed by atoms with Crippen molar-refractivity contribution < 1.29 is 13.5 Å². The van der Waals surface area contributed by atoms with Crippen molar-refractivity contribution in [3.63, 3.8) is 0 Å². The highest BCUT2D eigenvalue weighted by atomic mass is 79.9. The van der Waals surface area contributed by atoms with Gasteiger partial charge in [-0.15, -0.1) is 0 Å². The molecule has 0 spiro atoms. The SMILES string of the molecule is N#Cc1cc(COc2c(F)cccc2CBr)ccc1F. The van der Waals surface area contributed by atoms with Crippen molar-refractivity contribution in [3.8, 4) is 11.8 Å². The van der Waals surface area contributed by atoms with E-state index in [4.69, 9.17) is 10.00 Å². The summed E-state index contributed by atoms with van der Waals surface area (Å²) in [5.74, 6) is -0.875. The molecule has 102 valence electrons. The zero-order valence-electron chi connectivity index (χ0n) is 10.4. The summed E-state index contributed by atoms with van der Waals surface area (Å²) < 4.78 is 32.3. The van der Waals surface area contributed by atoms with Crippen LogP contribution in [0.3, 0.4) is 0 Å². The van der Waals surface area contributed by atoms with E-state index in [1.165, 1.54) is 24.3 Å². The molecule has 0 heterocycles. The van der Waals surface area contributed by atoms with Crippen LogP contribution in [-0.2, 0) is 11.9 Å². The van der Waals surface area contributed by atoms with Crippen molar-refractivity contribution in [3.05, 3.63) is 64.7 Å². The van der Waals surface area contributed by atoms with Crippen molar-refractivity contribution in [2.24, 2.45) is 0 Å². The number of ether oxygens (including phenoxy) is 1. The van der Waals surface area contributed by atoms with Crippen LogP contribution in [0.2, 0.25) is 0 Å². The van der Waals surface area contributed by atoms with Gasteiger partial charge in [0.1, 0.15) is 18.5 Å². The summed E-state index contributed by atoms with van der Waals surface area (Å²) in [6.07, 6.45) is 0. The van der Waals surface area contributed by atoms with Gasteiger partial charge < -0.3 is 4.74 Å². The molecule has 0 unspecified atom stereocenters. The van der Waals surface area contributed by atoms with Gasteiger partial charge in [0.2, 0.25) is 0 Å². The fourth-order valence-corrected chi connectivity index (χ4v) is 2.17. The third-order valence-corrected chi connectivity index (χ3v) is 3.33. The number of benzene rings is 2. The molecule has 0 amide bonds. The second-order valence-electron chi connectivity index (χ2n) is 4.08. The van der Waals surface area contributed by atoms with Gasteiger partial charge in [0.15, 0.2) is 11.6 Å². The first kappa shape index (κ1) is 14.5. The summed E-state index contributed by atoms with van der Waals surface area (Å²) in [5, 5.41) is 9.22. The van der Waals surface area contributed by atoms with Crippen LogP contribution in [0, 0.1) is 23.0 Å². The number of nitrogens with zero attached hydrogens (tertiary/aromatic N) is 1. The minimum Gasteiger partial charge on any atom is -0.486 e. The molecular weight excluding hydrogens is 328 g/mol. The van der Waals surface area contributed by atoms with Gasteiger partial charge in [-0.2, -0.15) is 5.26 Å². The first-order valence-electron chi connectivity index (χ1n) is 5.80. The topological polar surface area (TPSA) is 33.0 Å². The fraction of sp³-hybridized carbons (Fsp3) is 0.133. The lowest BCUT2D eigenvalue weighted by molar-refractivity contribution is 0.288. The van der Waals surface area contributed by atoms with E-state index in [0.29, 0.717) is 16.5 Å². The number of para-hydroxylation sites is 1. The van der Waals surface area contributed by atoms with Gasteiger partial charge in [-0.25, -0.2) is 8.78 Å². The van der Waals surface area contributed by atoms with Crippen LogP contribution >= 0.6 is 15.9 Å². The predicted molar refractivity (Wildman–Crippen MR) is 74.5 cm³/mol. The first-order valence-corrected chi connectivity index (χ1v) is 6.92. The zero-order valence-corrected chi connectivity index (χ0v) is 12.0. The number of halogens is 3. The van der Waals surface area contributed by atoms with E-state index in [1.807, 2.05) is 0 Å². The highest BCUT2D eigenvalue weighted by molar-refractivity contribution is 9.08. The maximum absolute atomic E-state index is 13.7. The Hall–Kier alpha value is -1.93. The summed E-state index contributed by atoms with van der Waals surface area (Å²) in [4.78, 5) is 0. The van der Waals surface area contributed by atoms with E-state index in [9.17, 15) is 8.78 Å². The number of rotatable bonds is 4. The van der Waals surface area contributed by atoms with Gasteiger partial charge in [-0.1, -0.05) is 34.1 Å². The van der Waals surface area contributed by atoms with E-state index in [2.05, 4.69) is 15.9 Å². The molecule has 0 bridgehead atoms. The molecule has 0 saturated heterocycles. The van der Waals surface area contributed by atoms with E-state index in [1.54, 1.807) is 18.2 Å². The van der Waals surface area contributed by atoms with Crippen LogP contribution in [0.1, 0.15) is 16.7 Å². The van der Waals surface area contributed by atoms with Gasteiger partial charge in [-0.3, -0.25) is 0 Å². The van der Waals surface area contributed by atoms with E-state index in [-0.39, 0.29) is 17.9 Å². The minimum absolute atomic E-state index is 0.0552. The van der Waals surface area contributed by atoms with Gasteiger partial charge in [-0.05, 0) is 23.8 Å². The molecule has 20 heavy (non-hydrogen) atoms. The highest BCUT2D eigenvalue weighted by Gasteiger charge is 2.10. The molecule has 0 aliphatic heterocycles. The average Bonchev–Trinajstić information content (AvgIpc) is 2.47. The molecule has 0 aliphatic rings. The van der Waals surface area contributed by atoms with Crippen LogP contribution in [-0.4, -0.2) is 0 Å². The Bertz CT molecular complexity index is 667. The monoisotopic (exact) mass is 337 g/mol. The maximum atomic E-state index is 13.7. The second-order valence-corrected chi connectivity index (χ2v) is 4.64. The molecule has 0 N–H and O–H groups in total. The maximum Gasteiger partial charge on any atom is 0.165 e. The number of hydrogen-bond donors (Lipinski definition) is 0. The lowest BCUT2D eigenvalue weighted by atomic mass is 10.1. The predicted octanol–water partition coefficient (Wildman–Crippen LogP) is 4.31. The summed E-state index contributed by atoms with van der Waals surface area (Å²) in [5.41, 5.74) is 1.24. The molecule has 2 nitrogen and oxygen atoms in total. The van der Waals surface area contributed by atoms with Crippen LogP contribution < -0.4 is 4.74 Å². The molecule has 2 aromatic carbocycles. The van der Waals surface area contributed by atoms with Crippen molar-refractivity contribution in [1.29, 1.82) is 5.26 Å². The van der Waals surface area contributed by atoms with Crippen LogP contribution in [0.15, 0.2) is 36.4 Å². The first-order chi connectivity index (χ1) is 9.65. The van der Waals surface area contributed by atoms with Gasteiger partial charge in [0.05, 0.1) is 5.56 Å². The molecule has 2 rings (SSSR count). The van der Waals surface area contributed by atoms with Crippen molar-refractivity contribution >= 4 is 15.9 Å². The normalized spacial score (nSPS) is 10.1. The Kier molecular flexibility index (Phi) is 4.70. The van der Waals surface area contributed by atoms with Gasteiger partial charge in [0.25, 0.3) is 0 Å². The summed E-state index contributed by atoms with van der Waals surface area (Å²) in [6.45, 7) is 0.0654. The smallest absolute Gasteiger partial charge is 0.165 e. The molecule has 0 aromatic heterocycles. The molecule has 0 saturated carbocycles. The second kappa shape index (κ2) is 6.49. The van der Waals surface area contributed by atoms with Gasteiger partial charge >= 0.3 is 0 Å². The van der Waals surface area contributed by atoms with E-state index < -0.39 is 11.6 Å². The molecular formula is C15H10BrF2NO. The van der Waals surface area contributed by atoms with Crippen molar-refractivity contribution in [2.45, 2.75) is 11.9 Å². The Morgan fingerprint density at radius 2 is 1.95 bits per heavy atom. The molecule has 0 radical (unpaired) electrons. The molecule has 0 aliphatic carbocycles. The Morgan fingerprint density at radius 3 is 2.65 bits per heavy atom. The lowest BCUT2D eigenvalue weighted by Crippen LogP contribution is -2.01. The molecule has 5 heteroatoms. The minimum atomic E-state index is -0.580. The van der Waals surface area contributed by atoms with Crippen LogP contribution in [0.5, 0.6) is 5.75 Å². The number of alkyl halides is 1. The standard InChI is InChI=1S/C15H10BrF2NO/c16-7-11-2-1-3-14(18)15(11)20-9-10-4-5-13(17)12(6-10)8-19/h1-6H,7,9H2. The quantitative estimate of drug-likeness (QED) is 0.779. The zero-order chi connectivity index (χ0) is 14.5. The van der Waals surface area contributed by atoms with Crippen molar-refractivity contribution in [2.75, 3.05) is 0 Å². The van der Waals surface area contributed by atoms with Crippen LogP contribution in [0.4, 0.5) is 8.78 Å².